The minimum absolute atomic E-state index is 0.00274. The Morgan fingerprint density at radius 2 is 1.85 bits per heavy atom. The number of benzene rings is 1. The smallest absolute Gasteiger partial charge is 0.224 e. The number of carbonyl (C=O) groups excluding carboxylic acids is 1. The molecular formula is C17H20N2O. The van der Waals surface area contributed by atoms with E-state index >= 15 is 0 Å². The van der Waals surface area contributed by atoms with Gasteiger partial charge in [-0.3, -0.25) is 9.78 Å². The maximum Gasteiger partial charge on any atom is 0.224 e. The van der Waals surface area contributed by atoms with Crippen LogP contribution in [0.25, 0.3) is 0 Å². The van der Waals surface area contributed by atoms with Crippen LogP contribution in [0, 0.1) is 13.8 Å². The van der Waals surface area contributed by atoms with E-state index in [1.807, 2.05) is 25.1 Å². The van der Waals surface area contributed by atoms with Gasteiger partial charge in [-0.2, -0.15) is 0 Å². The quantitative estimate of drug-likeness (QED) is 0.925. The average Bonchev–Trinajstić information content (AvgIpc) is 2.44. The molecule has 1 aromatic heterocycles. The van der Waals surface area contributed by atoms with Crippen LogP contribution in [0.4, 0.5) is 0 Å². The highest BCUT2D eigenvalue weighted by atomic mass is 16.1. The van der Waals surface area contributed by atoms with Crippen molar-refractivity contribution in [3.63, 3.8) is 0 Å². The number of rotatable bonds is 4. The van der Waals surface area contributed by atoms with Gasteiger partial charge in [-0.25, -0.2) is 0 Å². The summed E-state index contributed by atoms with van der Waals surface area (Å²) in [5, 5.41) is 3.01. The lowest BCUT2D eigenvalue weighted by atomic mass is 10.0. The summed E-state index contributed by atoms with van der Waals surface area (Å²) in [4.78, 5) is 16.0. The van der Waals surface area contributed by atoms with Crippen molar-refractivity contribution in [2.75, 3.05) is 0 Å². The molecule has 1 heterocycles. The van der Waals surface area contributed by atoms with Crippen LogP contribution >= 0.6 is 0 Å². The molecule has 2 aromatic rings. The lowest BCUT2D eigenvalue weighted by Crippen LogP contribution is -2.28. The Hall–Kier alpha value is -2.16. The third kappa shape index (κ3) is 3.67. The summed E-state index contributed by atoms with van der Waals surface area (Å²) < 4.78 is 0. The molecule has 0 radical (unpaired) electrons. The normalized spacial score (nSPS) is 11.9. The van der Waals surface area contributed by atoms with Crippen molar-refractivity contribution in [2.45, 2.75) is 33.2 Å². The lowest BCUT2D eigenvalue weighted by molar-refractivity contribution is -0.121. The Morgan fingerprint density at radius 3 is 2.50 bits per heavy atom. The molecule has 1 aromatic carbocycles. The van der Waals surface area contributed by atoms with Crippen molar-refractivity contribution in [3.05, 3.63) is 65.0 Å². The molecule has 0 aliphatic heterocycles. The second-order valence-electron chi connectivity index (χ2n) is 5.17. The minimum Gasteiger partial charge on any atom is -0.349 e. The van der Waals surface area contributed by atoms with Gasteiger partial charge in [0.1, 0.15) is 0 Å². The van der Waals surface area contributed by atoms with E-state index < -0.39 is 0 Å². The number of pyridine rings is 1. The van der Waals surface area contributed by atoms with Crippen LogP contribution in [0.3, 0.4) is 0 Å². The van der Waals surface area contributed by atoms with Crippen molar-refractivity contribution in [2.24, 2.45) is 0 Å². The van der Waals surface area contributed by atoms with E-state index in [0.717, 1.165) is 11.1 Å². The SMILES string of the molecule is Cc1ccc(CC(=O)N[C@H](C)c2ccncc2)cc1C. The molecule has 0 aliphatic carbocycles. The zero-order valence-corrected chi connectivity index (χ0v) is 12.2. The number of aromatic nitrogens is 1. The highest BCUT2D eigenvalue weighted by Crippen LogP contribution is 2.13. The van der Waals surface area contributed by atoms with E-state index in [0.29, 0.717) is 6.42 Å². The molecule has 0 saturated carbocycles. The molecule has 0 bridgehead atoms. The number of nitrogens with one attached hydrogen (secondary N) is 1. The number of amides is 1. The molecule has 1 amide bonds. The van der Waals surface area contributed by atoms with Crippen LogP contribution < -0.4 is 5.32 Å². The van der Waals surface area contributed by atoms with Gasteiger partial charge < -0.3 is 5.32 Å². The number of nitrogens with zero attached hydrogens (tertiary/aromatic N) is 1. The van der Waals surface area contributed by atoms with Crippen LogP contribution in [-0.2, 0) is 11.2 Å². The molecule has 3 nitrogen and oxygen atoms in total. The average molecular weight is 268 g/mol. The zero-order chi connectivity index (χ0) is 14.5. The number of hydrogen-bond donors (Lipinski definition) is 1. The lowest BCUT2D eigenvalue weighted by Gasteiger charge is -2.14. The van der Waals surface area contributed by atoms with Crippen molar-refractivity contribution in [1.29, 1.82) is 0 Å². The first kappa shape index (κ1) is 14.3. The molecular weight excluding hydrogens is 248 g/mol. The van der Waals surface area contributed by atoms with Gasteiger partial charge in [-0.15, -0.1) is 0 Å². The Labute approximate surface area is 120 Å². The second-order valence-corrected chi connectivity index (χ2v) is 5.17. The van der Waals surface area contributed by atoms with E-state index in [-0.39, 0.29) is 11.9 Å². The largest absolute Gasteiger partial charge is 0.349 e. The van der Waals surface area contributed by atoms with Gasteiger partial charge in [0.05, 0.1) is 12.5 Å². The van der Waals surface area contributed by atoms with Gasteiger partial charge in [-0.1, -0.05) is 18.2 Å². The summed E-state index contributed by atoms with van der Waals surface area (Å²) in [7, 11) is 0. The van der Waals surface area contributed by atoms with Gasteiger partial charge in [0.15, 0.2) is 0 Å². The summed E-state index contributed by atoms with van der Waals surface area (Å²) in [6.07, 6.45) is 3.89. The maximum atomic E-state index is 12.1. The Bertz CT molecular complexity index is 593. The molecule has 3 heteroatoms. The molecule has 0 aliphatic rings. The first-order chi connectivity index (χ1) is 9.56. The van der Waals surface area contributed by atoms with Gasteiger partial charge in [0, 0.05) is 12.4 Å². The van der Waals surface area contributed by atoms with Crippen molar-refractivity contribution >= 4 is 5.91 Å². The molecule has 20 heavy (non-hydrogen) atoms. The number of carbonyl (C=O) groups is 1. The highest BCUT2D eigenvalue weighted by molar-refractivity contribution is 5.79. The van der Waals surface area contributed by atoms with E-state index in [9.17, 15) is 4.79 Å². The monoisotopic (exact) mass is 268 g/mol. The van der Waals surface area contributed by atoms with E-state index in [1.165, 1.54) is 11.1 Å². The van der Waals surface area contributed by atoms with Gasteiger partial charge in [0.25, 0.3) is 0 Å². The number of aryl methyl sites for hydroxylation is 2. The van der Waals surface area contributed by atoms with Crippen LogP contribution in [0.1, 0.15) is 35.2 Å². The fourth-order valence-electron chi connectivity index (χ4n) is 2.13. The molecule has 104 valence electrons. The first-order valence-corrected chi connectivity index (χ1v) is 6.81. The summed E-state index contributed by atoms with van der Waals surface area (Å²) >= 11 is 0. The van der Waals surface area contributed by atoms with Gasteiger partial charge in [0.2, 0.25) is 5.91 Å². The predicted octanol–water partition coefficient (Wildman–Crippen LogP) is 3.12. The predicted molar refractivity (Wildman–Crippen MR) is 80.4 cm³/mol. The Balaban J connectivity index is 1.97. The fraction of sp³-hybridized carbons (Fsp3) is 0.294. The van der Waals surface area contributed by atoms with Crippen molar-refractivity contribution < 1.29 is 4.79 Å². The third-order valence-electron chi connectivity index (χ3n) is 3.52. The standard InChI is InChI=1S/C17H20N2O/c1-12-4-5-15(10-13(12)2)11-17(20)19-14(3)16-6-8-18-9-7-16/h4-10,14H,11H2,1-3H3,(H,19,20)/t14-/m1/s1. The molecule has 1 atom stereocenters. The molecule has 0 spiro atoms. The summed E-state index contributed by atoms with van der Waals surface area (Å²) in [6.45, 7) is 6.12. The third-order valence-corrected chi connectivity index (χ3v) is 3.52. The van der Waals surface area contributed by atoms with E-state index in [4.69, 9.17) is 0 Å². The van der Waals surface area contributed by atoms with Gasteiger partial charge in [-0.05, 0) is 55.2 Å². The molecule has 0 saturated heterocycles. The summed E-state index contributed by atoms with van der Waals surface area (Å²) in [5.41, 5.74) is 4.58. The van der Waals surface area contributed by atoms with Crippen LogP contribution in [0.15, 0.2) is 42.7 Å². The first-order valence-electron chi connectivity index (χ1n) is 6.81. The fourth-order valence-corrected chi connectivity index (χ4v) is 2.13. The van der Waals surface area contributed by atoms with Crippen LogP contribution in [0.2, 0.25) is 0 Å². The second kappa shape index (κ2) is 6.33. The molecule has 2 rings (SSSR count). The highest BCUT2D eigenvalue weighted by Gasteiger charge is 2.10. The van der Waals surface area contributed by atoms with Crippen LogP contribution in [0.5, 0.6) is 0 Å². The Morgan fingerprint density at radius 1 is 1.15 bits per heavy atom. The molecule has 0 unspecified atom stereocenters. The summed E-state index contributed by atoms with van der Waals surface area (Å²) in [5.74, 6) is 0.0394. The topological polar surface area (TPSA) is 42.0 Å². The van der Waals surface area contributed by atoms with Crippen molar-refractivity contribution in [3.8, 4) is 0 Å². The van der Waals surface area contributed by atoms with Crippen LogP contribution in [-0.4, -0.2) is 10.9 Å². The minimum atomic E-state index is -0.00274. The van der Waals surface area contributed by atoms with Gasteiger partial charge >= 0.3 is 0 Å². The zero-order valence-electron chi connectivity index (χ0n) is 12.2. The maximum absolute atomic E-state index is 12.1. The Kier molecular flexibility index (Phi) is 4.51. The molecule has 0 fully saturated rings. The van der Waals surface area contributed by atoms with Crippen molar-refractivity contribution in [1.82, 2.24) is 10.3 Å². The van der Waals surface area contributed by atoms with E-state index in [2.05, 4.69) is 36.3 Å². The summed E-state index contributed by atoms with van der Waals surface area (Å²) in [6, 6.07) is 9.98. The van der Waals surface area contributed by atoms with E-state index in [1.54, 1.807) is 12.4 Å². The number of hydrogen-bond acceptors (Lipinski definition) is 2. The molecule has 1 N–H and O–H groups in total.